The first-order valence-corrected chi connectivity index (χ1v) is 11.6. The van der Waals surface area contributed by atoms with Crippen LogP contribution >= 0.6 is 24.0 Å². The van der Waals surface area contributed by atoms with Gasteiger partial charge in [0.2, 0.25) is 0 Å². The molecule has 4 rings (SSSR count). The van der Waals surface area contributed by atoms with Crippen molar-refractivity contribution in [1.82, 2.24) is 20.0 Å². The van der Waals surface area contributed by atoms with E-state index >= 15 is 0 Å². The molecule has 1 aliphatic carbocycles. The predicted molar refractivity (Wildman–Crippen MR) is 137 cm³/mol. The van der Waals surface area contributed by atoms with Crippen LogP contribution in [0.1, 0.15) is 44.2 Å². The minimum Gasteiger partial charge on any atom is -0.378 e. The minimum absolute atomic E-state index is 0. The monoisotopic (exact) mass is 555 g/mol. The van der Waals surface area contributed by atoms with Gasteiger partial charge in [-0.15, -0.1) is 24.0 Å². The summed E-state index contributed by atoms with van der Waals surface area (Å²) in [5.41, 5.74) is 1.85. The van der Waals surface area contributed by atoms with Crippen molar-refractivity contribution in [3.05, 3.63) is 48.0 Å². The number of guanidine groups is 1. The van der Waals surface area contributed by atoms with Crippen molar-refractivity contribution in [3.63, 3.8) is 0 Å². The summed E-state index contributed by atoms with van der Waals surface area (Å²) in [6.07, 6.45) is 10.7. The maximum absolute atomic E-state index is 13.1. The number of hydrogen-bond acceptors (Lipinski definition) is 3. The molecule has 2 fully saturated rings. The summed E-state index contributed by atoms with van der Waals surface area (Å²) in [5, 5.41) is 8.06. The Labute approximate surface area is 207 Å². The molecule has 1 aliphatic heterocycles. The SMILES string of the molecule is CN=C(NCCc1ccn(-c2ccc(F)cc2)n1)N1CCC(OCC2CCCC2)CC1.I. The van der Waals surface area contributed by atoms with Crippen molar-refractivity contribution in [2.45, 2.75) is 51.0 Å². The molecule has 0 unspecified atom stereocenters. The Balaban J connectivity index is 0.00000289. The number of nitrogens with zero attached hydrogens (tertiary/aromatic N) is 4. The fourth-order valence-corrected chi connectivity index (χ4v) is 4.55. The number of ether oxygens (including phenoxy) is 1. The summed E-state index contributed by atoms with van der Waals surface area (Å²) in [6.45, 7) is 3.68. The van der Waals surface area contributed by atoms with Crippen LogP contribution in [0.3, 0.4) is 0 Å². The average molecular weight is 555 g/mol. The molecular weight excluding hydrogens is 520 g/mol. The summed E-state index contributed by atoms with van der Waals surface area (Å²) < 4.78 is 21.1. The van der Waals surface area contributed by atoms with Crippen LogP contribution in [0.4, 0.5) is 4.39 Å². The first-order chi connectivity index (χ1) is 15.2. The number of nitrogens with one attached hydrogen (secondary N) is 1. The van der Waals surface area contributed by atoms with E-state index in [1.807, 2.05) is 19.3 Å². The van der Waals surface area contributed by atoms with Gasteiger partial charge in [0.05, 0.1) is 17.5 Å². The lowest BCUT2D eigenvalue weighted by Crippen LogP contribution is -2.47. The molecule has 2 aliphatic rings. The fraction of sp³-hybridized carbons (Fsp3) is 0.583. The molecule has 2 heterocycles. The lowest BCUT2D eigenvalue weighted by Gasteiger charge is -2.34. The third kappa shape index (κ3) is 6.91. The fourth-order valence-electron chi connectivity index (χ4n) is 4.55. The van der Waals surface area contributed by atoms with Crippen LogP contribution in [0.25, 0.3) is 5.69 Å². The molecule has 0 bridgehead atoms. The van der Waals surface area contributed by atoms with Gasteiger partial charge in [-0.05, 0) is 61.9 Å². The van der Waals surface area contributed by atoms with Crippen LogP contribution in [0, 0.1) is 11.7 Å². The van der Waals surface area contributed by atoms with E-state index in [-0.39, 0.29) is 29.8 Å². The standard InChI is InChI=1S/C24H34FN5O.HI/c1-26-24(29-15-12-23(13-16-29)31-18-19-4-2-3-5-19)27-14-10-21-11-17-30(28-21)22-8-6-20(25)7-9-22;/h6-9,11,17,19,23H,2-5,10,12-16,18H2,1H3,(H,26,27);1H. The van der Waals surface area contributed by atoms with Crippen LogP contribution in [0.2, 0.25) is 0 Å². The Morgan fingerprint density at radius 1 is 1.12 bits per heavy atom. The maximum Gasteiger partial charge on any atom is 0.193 e. The van der Waals surface area contributed by atoms with Crippen molar-refractivity contribution in [2.24, 2.45) is 10.9 Å². The highest BCUT2D eigenvalue weighted by atomic mass is 127. The normalized spacial score (nSPS) is 18.1. The van der Waals surface area contributed by atoms with Crippen molar-refractivity contribution in [1.29, 1.82) is 0 Å². The number of piperidine rings is 1. The third-order valence-electron chi connectivity index (χ3n) is 6.40. The molecule has 2 aromatic rings. The molecule has 8 heteroatoms. The zero-order valence-corrected chi connectivity index (χ0v) is 21.2. The lowest BCUT2D eigenvalue weighted by atomic mass is 10.1. The molecule has 1 N–H and O–H groups in total. The molecule has 1 aromatic heterocycles. The molecule has 176 valence electrons. The van der Waals surface area contributed by atoms with E-state index < -0.39 is 0 Å². The highest BCUT2D eigenvalue weighted by molar-refractivity contribution is 14.0. The number of benzene rings is 1. The summed E-state index contributed by atoms with van der Waals surface area (Å²) in [6, 6.07) is 8.36. The van der Waals surface area contributed by atoms with Gasteiger partial charge in [-0.1, -0.05) is 12.8 Å². The number of halogens is 2. The van der Waals surface area contributed by atoms with E-state index in [1.165, 1.54) is 37.8 Å². The Hall–Kier alpha value is -1.68. The van der Waals surface area contributed by atoms with Crippen molar-refractivity contribution < 1.29 is 9.13 Å². The highest BCUT2D eigenvalue weighted by Gasteiger charge is 2.23. The molecule has 0 amide bonds. The number of hydrogen-bond donors (Lipinski definition) is 1. The van der Waals surface area contributed by atoms with Crippen molar-refractivity contribution >= 4 is 29.9 Å². The average Bonchev–Trinajstić information content (AvgIpc) is 3.49. The van der Waals surface area contributed by atoms with Gasteiger partial charge < -0.3 is 15.0 Å². The molecule has 32 heavy (non-hydrogen) atoms. The second-order valence-corrected chi connectivity index (χ2v) is 8.62. The molecule has 6 nitrogen and oxygen atoms in total. The minimum atomic E-state index is -0.240. The maximum atomic E-state index is 13.1. The highest BCUT2D eigenvalue weighted by Crippen LogP contribution is 2.26. The van der Waals surface area contributed by atoms with Gasteiger partial charge in [0, 0.05) is 45.9 Å². The molecular formula is C24H35FIN5O. The lowest BCUT2D eigenvalue weighted by molar-refractivity contribution is 0.00103. The third-order valence-corrected chi connectivity index (χ3v) is 6.40. The number of aromatic nitrogens is 2. The van der Waals surface area contributed by atoms with Gasteiger partial charge >= 0.3 is 0 Å². The van der Waals surface area contributed by atoms with Crippen molar-refractivity contribution in [3.8, 4) is 5.69 Å². The van der Waals surface area contributed by atoms with Crippen LogP contribution in [0.5, 0.6) is 0 Å². The first kappa shape index (κ1) is 25.0. The quantitative estimate of drug-likeness (QED) is 0.313. The first-order valence-electron chi connectivity index (χ1n) is 11.6. The van der Waals surface area contributed by atoms with E-state index in [4.69, 9.17) is 4.74 Å². The summed E-state index contributed by atoms with van der Waals surface area (Å²) >= 11 is 0. The van der Waals surface area contributed by atoms with E-state index in [0.717, 1.165) is 68.8 Å². The van der Waals surface area contributed by atoms with Crippen molar-refractivity contribution in [2.75, 3.05) is 33.3 Å². The van der Waals surface area contributed by atoms with Gasteiger partial charge in [0.15, 0.2) is 5.96 Å². The molecule has 0 spiro atoms. The smallest absolute Gasteiger partial charge is 0.193 e. The summed E-state index contributed by atoms with van der Waals surface area (Å²) in [5.74, 6) is 1.50. The number of likely N-dealkylation sites (tertiary alicyclic amines) is 1. The Morgan fingerprint density at radius 2 is 1.84 bits per heavy atom. The van der Waals surface area contributed by atoms with Crippen LogP contribution in [0.15, 0.2) is 41.5 Å². The van der Waals surface area contributed by atoms with E-state index in [0.29, 0.717) is 6.10 Å². The molecule has 0 atom stereocenters. The zero-order chi connectivity index (χ0) is 21.5. The second-order valence-electron chi connectivity index (χ2n) is 8.62. The predicted octanol–water partition coefficient (Wildman–Crippen LogP) is 4.42. The molecule has 1 aromatic carbocycles. The Kier molecular flexibility index (Phi) is 9.77. The van der Waals surface area contributed by atoms with Gasteiger partial charge in [-0.3, -0.25) is 4.99 Å². The number of aliphatic imine (C=N–C) groups is 1. The molecule has 0 radical (unpaired) electrons. The van der Waals surface area contributed by atoms with Gasteiger partial charge in [-0.2, -0.15) is 5.10 Å². The summed E-state index contributed by atoms with van der Waals surface area (Å²) in [7, 11) is 1.84. The molecule has 1 saturated carbocycles. The molecule has 1 saturated heterocycles. The van der Waals surface area contributed by atoms with E-state index in [2.05, 4.69) is 20.3 Å². The Morgan fingerprint density at radius 3 is 2.53 bits per heavy atom. The van der Waals surface area contributed by atoms with Crippen LogP contribution < -0.4 is 5.32 Å². The van der Waals surface area contributed by atoms with Crippen LogP contribution in [-0.2, 0) is 11.2 Å². The second kappa shape index (κ2) is 12.5. The van der Waals surface area contributed by atoms with Gasteiger partial charge in [0.25, 0.3) is 0 Å². The summed E-state index contributed by atoms with van der Waals surface area (Å²) in [4.78, 5) is 6.79. The topological polar surface area (TPSA) is 54.7 Å². The van der Waals surface area contributed by atoms with E-state index in [9.17, 15) is 4.39 Å². The zero-order valence-electron chi connectivity index (χ0n) is 18.9. The van der Waals surface area contributed by atoms with Gasteiger partial charge in [0.1, 0.15) is 5.82 Å². The van der Waals surface area contributed by atoms with Gasteiger partial charge in [-0.25, -0.2) is 9.07 Å². The van der Waals surface area contributed by atoms with Crippen LogP contribution in [-0.4, -0.2) is 60.0 Å². The number of rotatable bonds is 7. The van der Waals surface area contributed by atoms with E-state index in [1.54, 1.807) is 16.8 Å². The largest absolute Gasteiger partial charge is 0.378 e. The Bertz CT molecular complexity index is 842.